The lowest BCUT2D eigenvalue weighted by Crippen LogP contribution is -2.48. The van der Waals surface area contributed by atoms with Crippen LogP contribution in [0.15, 0.2) is 48.5 Å². The number of rotatable bonds is 10. The highest BCUT2D eigenvalue weighted by Crippen LogP contribution is 2.24. The molecule has 0 aliphatic carbocycles. The van der Waals surface area contributed by atoms with Gasteiger partial charge >= 0.3 is 0 Å². The van der Waals surface area contributed by atoms with E-state index in [0.717, 1.165) is 28.3 Å². The van der Waals surface area contributed by atoms with Gasteiger partial charge in [0.05, 0.1) is 18.6 Å². The molecule has 0 aliphatic rings. The van der Waals surface area contributed by atoms with Crippen LogP contribution >= 0.6 is 11.6 Å². The highest BCUT2D eigenvalue weighted by Gasteiger charge is 2.29. The SMILES string of the molecule is CCOc1ccccc1CCCNC(=O)[C@H](C)N(c1cccc(Cl)c1)S(C)(=O)=O. The molecule has 0 aromatic heterocycles. The lowest BCUT2D eigenvalue weighted by atomic mass is 10.1. The van der Waals surface area contributed by atoms with Crippen LogP contribution in [0.3, 0.4) is 0 Å². The molecule has 1 atom stereocenters. The molecule has 0 unspecified atom stereocenters. The van der Waals surface area contributed by atoms with Crippen molar-refractivity contribution in [2.45, 2.75) is 32.7 Å². The van der Waals surface area contributed by atoms with Crippen LogP contribution in [0.25, 0.3) is 0 Å². The summed E-state index contributed by atoms with van der Waals surface area (Å²) in [7, 11) is -3.67. The molecule has 6 nitrogen and oxygen atoms in total. The van der Waals surface area contributed by atoms with Crippen molar-refractivity contribution in [1.29, 1.82) is 0 Å². The summed E-state index contributed by atoms with van der Waals surface area (Å²) in [5.41, 5.74) is 1.43. The van der Waals surface area contributed by atoms with Gasteiger partial charge in [0.15, 0.2) is 0 Å². The molecule has 2 rings (SSSR count). The summed E-state index contributed by atoms with van der Waals surface area (Å²) in [5.74, 6) is 0.479. The Morgan fingerprint density at radius 1 is 1.21 bits per heavy atom. The number of anilines is 1. The fourth-order valence-corrected chi connectivity index (χ4v) is 4.42. The quantitative estimate of drug-likeness (QED) is 0.574. The van der Waals surface area contributed by atoms with Crippen molar-refractivity contribution in [2.24, 2.45) is 0 Å². The van der Waals surface area contributed by atoms with Gasteiger partial charge < -0.3 is 10.1 Å². The first-order valence-corrected chi connectivity index (χ1v) is 11.7. The van der Waals surface area contributed by atoms with E-state index in [0.29, 0.717) is 30.3 Å². The zero-order valence-electron chi connectivity index (χ0n) is 16.9. The maximum absolute atomic E-state index is 12.6. The van der Waals surface area contributed by atoms with Crippen LogP contribution in [0, 0.1) is 0 Å². The Balaban J connectivity index is 1.98. The number of ether oxygens (including phenoxy) is 1. The molecular weight excluding hydrogens is 412 g/mol. The largest absolute Gasteiger partial charge is 0.494 e. The molecule has 0 fully saturated rings. The Kier molecular flexibility index (Phi) is 8.34. The van der Waals surface area contributed by atoms with Crippen molar-refractivity contribution in [1.82, 2.24) is 5.32 Å². The van der Waals surface area contributed by atoms with Crippen molar-refractivity contribution in [3.8, 4) is 5.75 Å². The molecule has 29 heavy (non-hydrogen) atoms. The van der Waals surface area contributed by atoms with E-state index in [4.69, 9.17) is 16.3 Å². The molecule has 1 amide bonds. The molecule has 2 aromatic rings. The van der Waals surface area contributed by atoms with Crippen LogP contribution in [-0.4, -0.2) is 39.8 Å². The highest BCUT2D eigenvalue weighted by atomic mass is 35.5. The molecule has 0 saturated carbocycles. The summed E-state index contributed by atoms with van der Waals surface area (Å²) in [5, 5.41) is 3.22. The van der Waals surface area contributed by atoms with Gasteiger partial charge in [0.25, 0.3) is 0 Å². The van der Waals surface area contributed by atoms with Crippen molar-refractivity contribution in [3.63, 3.8) is 0 Å². The summed E-state index contributed by atoms with van der Waals surface area (Å²) in [6, 6.07) is 13.3. The number of hydrogen-bond donors (Lipinski definition) is 1. The minimum atomic E-state index is -3.67. The second-order valence-electron chi connectivity index (χ2n) is 6.65. The predicted octanol–water partition coefficient (Wildman–Crippen LogP) is 3.64. The van der Waals surface area contributed by atoms with Crippen LogP contribution in [0.4, 0.5) is 5.69 Å². The number of benzene rings is 2. The maximum atomic E-state index is 12.6. The molecule has 158 valence electrons. The van der Waals surface area contributed by atoms with E-state index in [9.17, 15) is 13.2 Å². The number of carbonyl (C=O) groups is 1. The van der Waals surface area contributed by atoms with Crippen LogP contribution in [-0.2, 0) is 21.2 Å². The van der Waals surface area contributed by atoms with Gasteiger partial charge in [0.1, 0.15) is 11.8 Å². The highest BCUT2D eigenvalue weighted by molar-refractivity contribution is 7.92. The van der Waals surface area contributed by atoms with E-state index in [1.165, 1.54) is 6.07 Å². The molecule has 2 aromatic carbocycles. The van der Waals surface area contributed by atoms with Crippen LogP contribution in [0.2, 0.25) is 5.02 Å². The minimum absolute atomic E-state index is 0.355. The smallest absolute Gasteiger partial charge is 0.243 e. The minimum Gasteiger partial charge on any atom is -0.494 e. The normalized spacial score (nSPS) is 12.3. The number of nitrogens with zero attached hydrogens (tertiary/aromatic N) is 1. The zero-order chi connectivity index (χ0) is 21.4. The second-order valence-corrected chi connectivity index (χ2v) is 8.95. The fraction of sp³-hybridized carbons (Fsp3) is 0.381. The average molecular weight is 439 g/mol. The number of halogens is 1. The van der Waals surface area contributed by atoms with Gasteiger partial charge in [-0.05, 0) is 56.5 Å². The van der Waals surface area contributed by atoms with E-state index in [1.54, 1.807) is 25.1 Å². The van der Waals surface area contributed by atoms with Gasteiger partial charge in [-0.3, -0.25) is 9.10 Å². The van der Waals surface area contributed by atoms with Gasteiger partial charge in [-0.2, -0.15) is 0 Å². The summed E-state index contributed by atoms with van der Waals surface area (Å²) in [4.78, 5) is 12.6. The van der Waals surface area contributed by atoms with E-state index in [1.807, 2.05) is 31.2 Å². The van der Waals surface area contributed by atoms with Crippen molar-refractivity contribution in [3.05, 3.63) is 59.1 Å². The van der Waals surface area contributed by atoms with Gasteiger partial charge in [-0.1, -0.05) is 35.9 Å². The molecule has 0 saturated heterocycles. The molecule has 0 radical (unpaired) electrons. The van der Waals surface area contributed by atoms with E-state index in [-0.39, 0.29) is 5.91 Å². The number of sulfonamides is 1. The summed E-state index contributed by atoms with van der Waals surface area (Å²) in [6.45, 7) is 4.51. The topological polar surface area (TPSA) is 75.7 Å². The number of amides is 1. The Morgan fingerprint density at radius 2 is 1.93 bits per heavy atom. The number of para-hydroxylation sites is 1. The predicted molar refractivity (Wildman–Crippen MR) is 117 cm³/mol. The van der Waals surface area contributed by atoms with E-state index in [2.05, 4.69) is 5.32 Å². The first-order chi connectivity index (χ1) is 13.7. The lowest BCUT2D eigenvalue weighted by Gasteiger charge is -2.28. The van der Waals surface area contributed by atoms with Crippen LogP contribution in [0.5, 0.6) is 5.75 Å². The second kappa shape index (κ2) is 10.5. The molecule has 1 N–H and O–H groups in total. The third-order valence-electron chi connectivity index (χ3n) is 4.35. The Hall–Kier alpha value is -2.25. The Bertz CT molecular complexity index is 934. The molecule has 0 spiro atoms. The van der Waals surface area contributed by atoms with Gasteiger partial charge in [0, 0.05) is 11.6 Å². The fourth-order valence-electron chi connectivity index (χ4n) is 3.07. The van der Waals surface area contributed by atoms with Crippen LogP contribution in [0.1, 0.15) is 25.8 Å². The van der Waals surface area contributed by atoms with Crippen LogP contribution < -0.4 is 14.4 Å². The first-order valence-electron chi connectivity index (χ1n) is 9.47. The zero-order valence-corrected chi connectivity index (χ0v) is 18.5. The molecule has 8 heteroatoms. The summed E-state index contributed by atoms with van der Waals surface area (Å²) >= 11 is 5.99. The number of hydrogen-bond acceptors (Lipinski definition) is 4. The van der Waals surface area contributed by atoms with Crippen molar-refractivity contribution >= 4 is 33.2 Å². The van der Waals surface area contributed by atoms with Gasteiger partial charge in [-0.15, -0.1) is 0 Å². The van der Waals surface area contributed by atoms with Gasteiger partial charge in [-0.25, -0.2) is 8.42 Å². The maximum Gasteiger partial charge on any atom is 0.243 e. The third kappa shape index (κ3) is 6.65. The lowest BCUT2D eigenvalue weighted by molar-refractivity contribution is -0.121. The Labute approximate surface area is 177 Å². The van der Waals surface area contributed by atoms with E-state index >= 15 is 0 Å². The molecule has 0 bridgehead atoms. The standard InChI is InChI=1S/C21H27ClN2O4S/c1-4-28-20-13-6-5-9-17(20)10-8-14-23-21(25)16(2)24(29(3,26)27)19-12-7-11-18(22)15-19/h5-7,9,11-13,15-16H,4,8,10,14H2,1-3H3,(H,23,25)/t16-/m0/s1. The summed E-state index contributed by atoms with van der Waals surface area (Å²) < 4.78 is 31.3. The molecule has 0 heterocycles. The monoisotopic (exact) mass is 438 g/mol. The number of carbonyl (C=O) groups excluding carboxylic acids is 1. The summed E-state index contributed by atoms with van der Waals surface area (Å²) in [6.07, 6.45) is 2.52. The number of aryl methyl sites for hydroxylation is 1. The van der Waals surface area contributed by atoms with Gasteiger partial charge in [0.2, 0.25) is 15.9 Å². The average Bonchev–Trinajstić information content (AvgIpc) is 2.65. The molecular formula is C21H27ClN2O4S. The number of nitrogens with one attached hydrogen (secondary N) is 1. The molecule has 0 aliphatic heterocycles. The first kappa shape index (κ1) is 23.0. The third-order valence-corrected chi connectivity index (χ3v) is 5.82. The van der Waals surface area contributed by atoms with E-state index < -0.39 is 16.1 Å². The van der Waals surface area contributed by atoms with Crippen molar-refractivity contribution < 1.29 is 17.9 Å². The Morgan fingerprint density at radius 3 is 2.59 bits per heavy atom. The van der Waals surface area contributed by atoms with Crippen molar-refractivity contribution in [2.75, 3.05) is 23.7 Å².